The van der Waals surface area contributed by atoms with Crippen molar-refractivity contribution in [2.45, 2.75) is 117 Å². The number of hydrogen-bond donors (Lipinski definition) is 2. The van der Waals surface area contributed by atoms with E-state index in [2.05, 4.69) is 120 Å². The fourth-order valence-electron chi connectivity index (χ4n) is 13.7. The first kappa shape index (κ1) is 72.9. The molecule has 2 saturated carbocycles. The number of Topliss-reactive ketones (excluding diaryl/α,β-unsaturated/α-hetero) is 4. The van der Waals surface area contributed by atoms with Gasteiger partial charge in [-0.25, -0.2) is 29.9 Å². The molecule has 4 fully saturated rings. The van der Waals surface area contributed by atoms with Crippen molar-refractivity contribution in [1.29, 1.82) is 0 Å². The fraction of sp³-hybridized carbons (Fsp3) is 0.378. The van der Waals surface area contributed by atoms with Crippen LogP contribution in [0, 0.1) is 24.7 Å². The number of aryl methyl sites for hydroxylation is 2. The fourth-order valence-corrected chi connectivity index (χ4v) is 14.3. The van der Waals surface area contributed by atoms with Gasteiger partial charge in [0.05, 0.1) is 73.8 Å². The smallest absolute Gasteiger partial charge is 0.325 e. The van der Waals surface area contributed by atoms with E-state index in [-0.39, 0.29) is 82.9 Å². The Labute approximate surface area is 592 Å². The molecule has 0 unspecified atom stereocenters. The Bertz CT molecular complexity index is 4410. The number of amides is 1. The molecule has 99 heavy (non-hydrogen) atoms. The van der Waals surface area contributed by atoms with Crippen molar-refractivity contribution in [3.8, 4) is 22.3 Å². The number of nitrogens with one attached hydrogen (secondary N) is 1. The van der Waals surface area contributed by atoms with Crippen LogP contribution in [0.4, 0.5) is 0 Å². The highest BCUT2D eigenvalue weighted by Gasteiger charge is 2.67. The summed E-state index contributed by atoms with van der Waals surface area (Å²) in [6, 6.07) is 18.3. The molecule has 25 heteroatoms. The van der Waals surface area contributed by atoms with Crippen molar-refractivity contribution >= 4 is 88.7 Å². The summed E-state index contributed by atoms with van der Waals surface area (Å²) in [4.78, 5) is 109. The lowest BCUT2D eigenvalue weighted by Gasteiger charge is -2.27. The summed E-state index contributed by atoms with van der Waals surface area (Å²) in [6.45, 7) is 26.1. The largest absolute Gasteiger partial charge is 0.480 e. The molecule has 0 radical (unpaired) electrons. The van der Waals surface area contributed by atoms with Crippen LogP contribution in [0.1, 0.15) is 94.7 Å². The van der Waals surface area contributed by atoms with Crippen LogP contribution < -0.4 is 5.32 Å². The molecule has 8 aromatic rings. The van der Waals surface area contributed by atoms with Crippen molar-refractivity contribution in [1.82, 2.24) is 69.5 Å². The predicted molar refractivity (Wildman–Crippen MR) is 383 cm³/mol. The van der Waals surface area contributed by atoms with Crippen molar-refractivity contribution in [3.05, 3.63) is 191 Å². The normalized spacial score (nSPS) is 19.4. The Hall–Kier alpha value is -8.82. The van der Waals surface area contributed by atoms with Gasteiger partial charge < -0.3 is 34.6 Å². The molecular weight excluding hydrogens is 1390 g/mol. The highest BCUT2D eigenvalue weighted by Crippen LogP contribution is 2.60. The minimum Gasteiger partial charge on any atom is -0.480 e. The van der Waals surface area contributed by atoms with E-state index in [4.69, 9.17) is 14.6 Å². The average molecular weight is 1470 g/mol. The number of halogens is 2. The summed E-state index contributed by atoms with van der Waals surface area (Å²) < 4.78 is 15.5. The number of aliphatic carboxylic acids is 1. The minimum absolute atomic E-state index is 0.0661. The van der Waals surface area contributed by atoms with E-state index >= 15 is 0 Å². The first-order chi connectivity index (χ1) is 47.4. The third-order valence-electron chi connectivity index (χ3n) is 18.4. The SMILES string of the molecule is C=CCOCc1ccc(Br)nc1CC(=O)[C@@H]1C[C@@]2(CN(C)CC=C)C[C@H]2N1.C=CCOCc1ccc(Br)nc1CC(=O)[C@@H]1C[C@@]2(CN(C)CC=C)C[C@H]2N1C(=O)Cn1nc(C(C)=O)c2cc(-c3cnc(C)nc3)ccc21.CC(=O)c1nn(CC(=O)O)c2ccc(-c3cnc(C)nc3)cc12. The van der Waals surface area contributed by atoms with Gasteiger partial charge in [0.1, 0.15) is 45.3 Å². The first-order valence-corrected chi connectivity index (χ1v) is 34.2. The number of nitrogens with zero attached hydrogens (tertiary/aromatic N) is 13. The van der Waals surface area contributed by atoms with E-state index in [0.717, 1.165) is 82.6 Å². The van der Waals surface area contributed by atoms with Gasteiger partial charge in [0.2, 0.25) is 5.91 Å². The molecule has 2 aliphatic heterocycles. The van der Waals surface area contributed by atoms with E-state index in [1.54, 1.807) is 59.5 Å². The lowest BCUT2D eigenvalue weighted by molar-refractivity contribution is -0.139. The number of likely N-dealkylation sites (tertiary alicyclic amines) is 1. The molecule has 2 saturated heterocycles. The van der Waals surface area contributed by atoms with Gasteiger partial charge in [-0.3, -0.25) is 38.1 Å². The van der Waals surface area contributed by atoms with Crippen LogP contribution in [0.3, 0.4) is 0 Å². The minimum atomic E-state index is -1.01. The highest BCUT2D eigenvalue weighted by atomic mass is 79.9. The number of hydrogen-bond acceptors (Lipinski definition) is 19. The number of likely N-dealkylation sites (N-methyl/N-ethyl adjacent to an activating group) is 2. The monoisotopic (exact) mass is 1470 g/mol. The number of ketones is 4. The Morgan fingerprint density at radius 3 is 1.56 bits per heavy atom. The number of fused-ring (bicyclic) bond motifs is 4. The van der Waals surface area contributed by atoms with Crippen LogP contribution >= 0.6 is 31.9 Å². The van der Waals surface area contributed by atoms with Gasteiger partial charge in [0, 0.05) is 110 Å². The number of benzene rings is 2. The second kappa shape index (κ2) is 32.0. The number of carboxylic acid groups (broad SMARTS) is 1. The molecule has 23 nitrogen and oxygen atoms in total. The van der Waals surface area contributed by atoms with Gasteiger partial charge in [-0.2, -0.15) is 10.2 Å². The van der Waals surface area contributed by atoms with E-state index in [0.29, 0.717) is 95.6 Å². The Morgan fingerprint density at radius 1 is 0.616 bits per heavy atom. The summed E-state index contributed by atoms with van der Waals surface area (Å²) >= 11 is 6.86. The third kappa shape index (κ3) is 17.4. The topological polar surface area (TPSA) is 276 Å². The number of carbonyl (C=O) groups is 6. The lowest BCUT2D eigenvalue weighted by atomic mass is 9.94. The maximum atomic E-state index is 14.3. The van der Waals surface area contributed by atoms with Crippen LogP contribution in [0.25, 0.3) is 44.1 Å². The van der Waals surface area contributed by atoms with Crippen molar-refractivity contribution in [2.24, 2.45) is 10.8 Å². The van der Waals surface area contributed by atoms with Crippen LogP contribution in [-0.2, 0) is 67.8 Å². The Balaban J connectivity index is 0.000000178. The summed E-state index contributed by atoms with van der Waals surface area (Å²) in [7, 11) is 4.14. The Kier molecular flexibility index (Phi) is 23.6. The van der Waals surface area contributed by atoms with Crippen LogP contribution in [-0.4, -0.2) is 182 Å². The zero-order valence-electron chi connectivity index (χ0n) is 56.6. The van der Waals surface area contributed by atoms with Gasteiger partial charge in [0.25, 0.3) is 0 Å². The van der Waals surface area contributed by atoms with Crippen LogP contribution in [0.5, 0.6) is 0 Å². The molecular formula is C74H82Br2N14O9. The molecule has 6 atom stereocenters. The number of rotatable bonds is 30. The molecule has 8 heterocycles. The zero-order valence-corrected chi connectivity index (χ0v) is 59.8. The van der Waals surface area contributed by atoms with E-state index < -0.39 is 12.0 Å². The maximum absolute atomic E-state index is 14.3. The molecule has 6 aromatic heterocycles. The van der Waals surface area contributed by atoms with Crippen molar-refractivity contribution in [3.63, 3.8) is 0 Å². The number of carboxylic acids is 1. The summed E-state index contributed by atoms with van der Waals surface area (Å²) in [5.41, 5.74) is 8.37. The van der Waals surface area contributed by atoms with Gasteiger partial charge in [-0.15, -0.1) is 26.3 Å². The quantitative estimate of drug-likeness (QED) is 0.0183. The number of aromatic nitrogens is 10. The number of piperidine rings is 2. The highest BCUT2D eigenvalue weighted by molar-refractivity contribution is 9.10. The number of carbonyl (C=O) groups excluding carboxylic acids is 5. The number of pyridine rings is 2. The maximum Gasteiger partial charge on any atom is 0.325 e. The standard InChI is InChI=1S/C37H40BrN7O4.C21H28BrN3O2.C16H14N4O3/c1-6-12-43(5)22-37-16-31(32(47)15-29-26(21-49-13-7-2)9-11-34(38)41-29)45(33(37)17-37)35(48)20-44-30-10-8-25(27-18-39-24(4)40-19-27)14-28(30)36(42-44)23(3)46;1-4-8-25(3)14-21-11-17(23-19(21)12-21)18(26)10-16-15(13-27-9-5-2)6-7-20(22)24-16;1-9(21)16-13-5-11(12-6-17-10(2)18-7-12)3-4-14(13)20(19-16)8-15(22)23/h6-11,14,18-19,31,33H,1-2,12-13,15-17,20-22H2,3-5H3;4-7,17,19,23H,1-2,8-14H2,3H3;3-7H,8H2,1-2H3,(H,22,23)/t31-,33+,37-;17-,19+,21-;/m00./s1. The first-order valence-electron chi connectivity index (χ1n) is 32.7. The molecule has 2 N–H and O–H groups in total. The van der Waals surface area contributed by atoms with Crippen LogP contribution in [0.2, 0.25) is 0 Å². The molecule has 0 bridgehead atoms. The molecule has 516 valence electrons. The zero-order chi connectivity index (χ0) is 70.9. The average Bonchev–Trinajstić information content (AvgIpc) is 1.55. The molecule has 12 rings (SSSR count). The van der Waals surface area contributed by atoms with E-state index in [1.165, 1.54) is 18.5 Å². The second-order valence-corrected chi connectivity index (χ2v) is 27.6. The Morgan fingerprint density at radius 2 is 1.09 bits per heavy atom. The van der Waals surface area contributed by atoms with Gasteiger partial charge >= 0.3 is 5.97 Å². The van der Waals surface area contributed by atoms with Crippen molar-refractivity contribution < 1.29 is 43.3 Å². The summed E-state index contributed by atoms with van der Waals surface area (Å²) in [5.74, 6) is -0.155. The molecule has 2 aliphatic carbocycles. The predicted octanol–water partition coefficient (Wildman–Crippen LogP) is 10.1. The lowest BCUT2D eigenvalue weighted by Crippen LogP contribution is -2.45. The molecule has 1 amide bonds. The van der Waals surface area contributed by atoms with E-state index in [1.807, 2.05) is 80.7 Å². The van der Waals surface area contributed by atoms with E-state index in [9.17, 15) is 28.8 Å². The van der Waals surface area contributed by atoms with Gasteiger partial charge in [0.15, 0.2) is 23.1 Å². The second-order valence-electron chi connectivity index (χ2n) is 26.0. The molecule has 4 aliphatic rings. The van der Waals surface area contributed by atoms with Gasteiger partial charge in [-0.1, -0.05) is 48.6 Å². The third-order valence-corrected chi connectivity index (χ3v) is 19.3. The van der Waals surface area contributed by atoms with Crippen molar-refractivity contribution in [2.75, 3.05) is 53.5 Å². The number of ether oxygens (including phenoxy) is 2. The van der Waals surface area contributed by atoms with Gasteiger partial charge in [-0.05, 0) is 144 Å². The summed E-state index contributed by atoms with van der Waals surface area (Å²) in [5, 5.41) is 22.5. The van der Waals surface area contributed by atoms with Crippen LogP contribution in [0.15, 0.2) is 145 Å². The molecule has 2 aromatic carbocycles. The molecule has 0 spiro atoms. The summed E-state index contributed by atoms with van der Waals surface area (Å²) in [6.07, 6.45) is 17.9.